The molecule has 0 saturated heterocycles. The maximum atomic E-state index is 12.6. The number of rotatable bonds is 5. The van der Waals surface area contributed by atoms with E-state index in [1.54, 1.807) is 0 Å². The summed E-state index contributed by atoms with van der Waals surface area (Å²) in [5, 5.41) is 0. The van der Waals surface area contributed by atoms with Crippen molar-refractivity contribution in [2.24, 2.45) is 0 Å². The van der Waals surface area contributed by atoms with Crippen LogP contribution in [0.5, 0.6) is 0 Å². The molecule has 0 aliphatic heterocycles. The summed E-state index contributed by atoms with van der Waals surface area (Å²) in [4.78, 5) is 12.6. The van der Waals surface area contributed by atoms with E-state index in [2.05, 4.69) is 32.9 Å². The van der Waals surface area contributed by atoms with Crippen molar-refractivity contribution >= 4 is 5.78 Å². The van der Waals surface area contributed by atoms with Gasteiger partial charge in [-0.05, 0) is 30.5 Å². The van der Waals surface area contributed by atoms with Gasteiger partial charge in [0, 0.05) is 25.0 Å². The first-order valence-corrected chi connectivity index (χ1v) is 7.17. The van der Waals surface area contributed by atoms with Gasteiger partial charge in [0.05, 0.1) is 0 Å². The number of ketones is 1. The normalized spacial score (nSPS) is 12.2. The lowest BCUT2D eigenvalue weighted by atomic mass is 9.95. The number of hydrogen-bond acceptors (Lipinski definition) is 1. The molecule has 1 heterocycles. The van der Waals surface area contributed by atoms with Gasteiger partial charge in [0.25, 0.3) is 0 Å². The molecule has 2 aromatic rings. The second kappa shape index (κ2) is 6.47. The topological polar surface area (TPSA) is 20.9 Å². The number of benzene rings is 1. The average molecular weight is 268 g/mol. The van der Waals surface area contributed by atoms with Gasteiger partial charge in [-0.2, -0.15) is 4.57 Å². The SMILES string of the molecule is CCC(C(=O)Cc1c(C)cccc1C)[n+]1ccccc1. The summed E-state index contributed by atoms with van der Waals surface area (Å²) < 4.78 is 2.01. The lowest BCUT2D eigenvalue weighted by Crippen LogP contribution is -2.43. The Balaban J connectivity index is 2.23. The molecule has 0 bridgehead atoms. The van der Waals surface area contributed by atoms with E-state index < -0.39 is 0 Å². The van der Waals surface area contributed by atoms with E-state index in [0.717, 1.165) is 6.42 Å². The molecule has 2 heteroatoms. The number of carbonyl (C=O) groups is 1. The molecule has 0 aliphatic carbocycles. The Hall–Kier alpha value is -1.96. The van der Waals surface area contributed by atoms with Gasteiger partial charge in [0.15, 0.2) is 12.4 Å². The van der Waals surface area contributed by atoms with Crippen molar-refractivity contribution in [2.45, 2.75) is 39.7 Å². The summed E-state index contributed by atoms with van der Waals surface area (Å²) in [5.41, 5.74) is 3.57. The summed E-state index contributed by atoms with van der Waals surface area (Å²) in [5.74, 6) is 0.279. The van der Waals surface area contributed by atoms with Gasteiger partial charge in [-0.3, -0.25) is 4.79 Å². The third-order valence-electron chi connectivity index (χ3n) is 3.85. The molecule has 2 rings (SSSR count). The minimum atomic E-state index is -0.0739. The molecule has 1 aromatic heterocycles. The van der Waals surface area contributed by atoms with Gasteiger partial charge in [0.2, 0.25) is 11.8 Å². The van der Waals surface area contributed by atoms with Gasteiger partial charge in [-0.1, -0.05) is 31.2 Å². The van der Waals surface area contributed by atoms with E-state index >= 15 is 0 Å². The van der Waals surface area contributed by atoms with E-state index in [1.165, 1.54) is 16.7 Å². The van der Waals surface area contributed by atoms with Gasteiger partial charge in [0.1, 0.15) is 0 Å². The standard InChI is InChI=1S/C18H22NO/c1-4-17(19-11-6-5-7-12-19)18(20)13-16-14(2)9-8-10-15(16)3/h5-12,17H,4,13H2,1-3H3/q+1. The Kier molecular flexibility index (Phi) is 4.67. The Morgan fingerprint density at radius 1 is 1.05 bits per heavy atom. The maximum Gasteiger partial charge on any atom is 0.216 e. The van der Waals surface area contributed by atoms with Crippen molar-refractivity contribution in [1.29, 1.82) is 0 Å². The quantitative estimate of drug-likeness (QED) is 0.762. The summed E-state index contributed by atoms with van der Waals surface area (Å²) in [6, 6.07) is 12.0. The van der Waals surface area contributed by atoms with Crippen LogP contribution in [0.2, 0.25) is 0 Å². The van der Waals surface area contributed by atoms with Gasteiger partial charge in [-0.25, -0.2) is 0 Å². The van der Waals surface area contributed by atoms with Crippen molar-refractivity contribution in [3.8, 4) is 0 Å². The molecule has 2 nitrogen and oxygen atoms in total. The zero-order valence-electron chi connectivity index (χ0n) is 12.5. The van der Waals surface area contributed by atoms with Crippen LogP contribution in [0.1, 0.15) is 36.1 Å². The van der Waals surface area contributed by atoms with Crippen molar-refractivity contribution in [3.05, 3.63) is 65.5 Å². The first-order valence-electron chi connectivity index (χ1n) is 7.17. The molecule has 1 aromatic carbocycles. The third-order valence-corrected chi connectivity index (χ3v) is 3.85. The average Bonchev–Trinajstić information content (AvgIpc) is 2.45. The Morgan fingerprint density at radius 3 is 2.20 bits per heavy atom. The predicted molar refractivity (Wildman–Crippen MR) is 80.6 cm³/mol. The molecule has 104 valence electrons. The summed E-state index contributed by atoms with van der Waals surface area (Å²) in [7, 11) is 0. The van der Waals surface area contributed by atoms with Crippen LogP contribution in [0.4, 0.5) is 0 Å². The minimum absolute atomic E-state index is 0.0739. The van der Waals surface area contributed by atoms with Crippen LogP contribution in [0, 0.1) is 13.8 Å². The fourth-order valence-electron chi connectivity index (χ4n) is 2.64. The number of aromatic nitrogens is 1. The summed E-state index contributed by atoms with van der Waals surface area (Å²) >= 11 is 0. The van der Waals surface area contributed by atoms with Crippen molar-refractivity contribution in [1.82, 2.24) is 0 Å². The predicted octanol–water partition coefficient (Wildman–Crippen LogP) is 3.35. The fraction of sp³-hybridized carbons (Fsp3) is 0.333. The molecule has 0 fully saturated rings. The number of nitrogens with zero attached hydrogens (tertiary/aromatic N) is 1. The van der Waals surface area contributed by atoms with Crippen LogP contribution < -0.4 is 4.57 Å². The van der Waals surface area contributed by atoms with Gasteiger partial charge < -0.3 is 0 Å². The second-order valence-electron chi connectivity index (χ2n) is 5.26. The lowest BCUT2D eigenvalue weighted by Gasteiger charge is -2.12. The third kappa shape index (κ3) is 3.13. The minimum Gasteiger partial charge on any atom is -0.292 e. The first kappa shape index (κ1) is 14.4. The van der Waals surface area contributed by atoms with Crippen LogP contribution in [0.25, 0.3) is 0 Å². The Bertz CT molecular complexity index is 569. The van der Waals surface area contributed by atoms with E-state index in [4.69, 9.17) is 0 Å². The highest BCUT2D eigenvalue weighted by molar-refractivity contribution is 5.83. The van der Waals surface area contributed by atoms with E-state index in [-0.39, 0.29) is 11.8 Å². The van der Waals surface area contributed by atoms with Crippen LogP contribution in [-0.4, -0.2) is 5.78 Å². The Morgan fingerprint density at radius 2 is 1.65 bits per heavy atom. The number of carbonyl (C=O) groups excluding carboxylic acids is 1. The molecule has 0 saturated carbocycles. The molecule has 0 spiro atoms. The molecule has 0 aliphatic rings. The highest BCUT2D eigenvalue weighted by atomic mass is 16.1. The van der Waals surface area contributed by atoms with E-state index in [9.17, 15) is 4.79 Å². The molecule has 1 atom stereocenters. The second-order valence-corrected chi connectivity index (χ2v) is 5.26. The number of hydrogen-bond donors (Lipinski definition) is 0. The van der Waals surface area contributed by atoms with Crippen molar-refractivity contribution < 1.29 is 9.36 Å². The summed E-state index contributed by atoms with van der Waals surface area (Å²) in [6.45, 7) is 6.21. The molecule has 20 heavy (non-hydrogen) atoms. The largest absolute Gasteiger partial charge is 0.292 e. The number of Topliss-reactive ketones (excluding diaryl/α,β-unsaturated/α-hetero) is 1. The highest BCUT2D eigenvalue weighted by Crippen LogP contribution is 2.17. The first-order chi connectivity index (χ1) is 9.63. The Labute approximate surface area is 121 Å². The number of aryl methyl sites for hydroxylation is 2. The lowest BCUT2D eigenvalue weighted by molar-refractivity contribution is -0.709. The summed E-state index contributed by atoms with van der Waals surface area (Å²) in [6.07, 6.45) is 5.27. The van der Waals surface area contributed by atoms with Crippen molar-refractivity contribution in [2.75, 3.05) is 0 Å². The van der Waals surface area contributed by atoms with E-state index in [0.29, 0.717) is 6.42 Å². The van der Waals surface area contributed by atoms with Gasteiger partial charge in [-0.15, -0.1) is 0 Å². The zero-order chi connectivity index (χ0) is 14.5. The fourth-order valence-corrected chi connectivity index (χ4v) is 2.64. The molecule has 1 unspecified atom stereocenters. The maximum absolute atomic E-state index is 12.6. The molecule has 0 N–H and O–H groups in total. The molecule has 0 amide bonds. The molecular formula is C18H22NO+. The number of pyridine rings is 1. The monoisotopic (exact) mass is 268 g/mol. The van der Waals surface area contributed by atoms with E-state index in [1.807, 2.05) is 41.2 Å². The van der Waals surface area contributed by atoms with Crippen LogP contribution in [0.15, 0.2) is 48.8 Å². The van der Waals surface area contributed by atoms with Crippen LogP contribution >= 0.6 is 0 Å². The van der Waals surface area contributed by atoms with Gasteiger partial charge >= 0.3 is 0 Å². The molecular weight excluding hydrogens is 246 g/mol. The van der Waals surface area contributed by atoms with Crippen LogP contribution in [0.3, 0.4) is 0 Å². The highest BCUT2D eigenvalue weighted by Gasteiger charge is 2.25. The molecule has 0 radical (unpaired) electrons. The van der Waals surface area contributed by atoms with Crippen LogP contribution in [-0.2, 0) is 11.2 Å². The zero-order valence-corrected chi connectivity index (χ0v) is 12.5. The smallest absolute Gasteiger partial charge is 0.216 e. The van der Waals surface area contributed by atoms with Crippen molar-refractivity contribution in [3.63, 3.8) is 0 Å².